The van der Waals surface area contributed by atoms with Gasteiger partial charge in [0.1, 0.15) is 11.6 Å². The fraction of sp³-hybridized carbons (Fsp3) is 0.182. The molecule has 1 atom stereocenters. The number of hydrogen-bond acceptors (Lipinski definition) is 7. The van der Waals surface area contributed by atoms with Gasteiger partial charge in [0.15, 0.2) is 22.2 Å². The number of nitrogens with one attached hydrogen (secondary N) is 1. The number of carbonyl (C=O) groups is 1. The number of benzene rings is 2. The van der Waals surface area contributed by atoms with Crippen LogP contribution in [0.1, 0.15) is 18.9 Å². The molecule has 0 saturated carbocycles. The van der Waals surface area contributed by atoms with Crippen LogP contribution >= 0.6 is 34.7 Å². The number of amides is 1. The van der Waals surface area contributed by atoms with E-state index in [2.05, 4.69) is 27.1 Å². The number of aromatic nitrogens is 4. The Bertz CT molecular complexity index is 1280. The van der Waals surface area contributed by atoms with Gasteiger partial charge >= 0.3 is 0 Å². The highest BCUT2D eigenvalue weighted by molar-refractivity contribution is 7.99. The van der Waals surface area contributed by atoms with Crippen molar-refractivity contribution in [2.24, 2.45) is 0 Å². The van der Waals surface area contributed by atoms with Gasteiger partial charge in [0, 0.05) is 6.54 Å². The number of hydrogen-bond donors (Lipinski definition) is 1. The summed E-state index contributed by atoms with van der Waals surface area (Å²) < 4.78 is 22.0. The largest absolute Gasteiger partial charge is 0.481 e. The highest BCUT2D eigenvalue weighted by Gasteiger charge is 2.21. The molecular formula is C22H19ClFN5O2S2. The minimum atomic E-state index is -0.522. The number of thiazole rings is 1. The van der Waals surface area contributed by atoms with E-state index in [-0.39, 0.29) is 16.7 Å². The van der Waals surface area contributed by atoms with E-state index in [1.165, 1.54) is 41.3 Å². The maximum atomic E-state index is 13.3. The van der Waals surface area contributed by atoms with Crippen LogP contribution in [0.25, 0.3) is 10.2 Å². The molecule has 1 N–H and O–H groups in total. The average Bonchev–Trinajstić information content (AvgIpc) is 3.38. The molecule has 0 aliphatic heterocycles. The van der Waals surface area contributed by atoms with Crippen molar-refractivity contribution in [1.82, 2.24) is 19.7 Å². The Morgan fingerprint density at radius 3 is 2.94 bits per heavy atom. The van der Waals surface area contributed by atoms with Gasteiger partial charge in [-0.2, -0.15) is 0 Å². The molecule has 0 aliphatic carbocycles. The summed E-state index contributed by atoms with van der Waals surface area (Å²) >= 11 is 8.73. The molecule has 33 heavy (non-hydrogen) atoms. The number of carbonyl (C=O) groups excluding carboxylic acids is 1. The first kappa shape index (κ1) is 23.2. The number of thioether (sulfide) groups is 1. The Morgan fingerprint density at radius 2 is 2.18 bits per heavy atom. The molecule has 0 radical (unpaired) electrons. The number of ether oxygens (including phenoxy) is 1. The van der Waals surface area contributed by atoms with Gasteiger partial charge in [-0.05, 0) is 37.3 Å². The second kappa shape index (κ2) is 10.3. The van der Waals surface area contributed by atoms with E-state index in [0.29, 0.717) is 28.4 Å². The van der Waals surface area contributed by atoms with Crippen LogP contribution in [0.5, 0.6) is 5.75 Å². The minimum Gasteiger partial charge on any atom is -0.481 e. The van der Waals surface area contributed by atoms with Crippen molar-refractivity contribution in [2.75, 3.05) is 11.1 Å². The molecule has 4 rings (SSSR count). The number of anilines is 1. The predicted molar refractivity (Wildman–Crippen MR) is 130 cm³/mol. The summed E-state index contributed by atoms with van der Waals surface area (Å²) in [4.78, 5) is 16.9. The third-order valence-corrected chi connectivity index (χ3v) is 6.70. The van der Waals surface area contributed by atoms with Crippen molar-refractivity contribution in [3.05, 3.63) is 71.8 Å². The van der Waals surface area contributed by atoms with Gasteiger partial charge in [0.2, 0.25) is 5.91 Å². The molecule has 2 aromatic carbocycles. The van der Waals surface area contributed by atoms with E-state index in [0.717, 1.165) is 10.2 Å². The van der Waals surface area contributed by atoms with Crippen LogP contribution in [0.15, 0.2) is 60.3 Å². The molecule has 0 bridgehead atoms. The summed E-state index contributed by atoms with van der Waals surface area (Å²) in [5, 5.41) is 12.5. The van der Waals surface area contributed by atoms with Gasteiger partial charge in [0.25, 0.3) is 0 Å². The summed E-state index contributed by atoms with van der Waals surface area (Å²) in [5.41, 5.74) is 0.844. The quantitative estimate of drug-likeness (QED) is 0.232. The molecule has 0 aliphatic rings. The number of para-hydroxylation sites is 1. The molecule has 1 unspecified atom stereocenters. The number of halogens is 2. The van der Waals surface area contributed by atoms with Gasteiger partial charge in [-0.25, -0.2) is 9.37 Å². The summed E-state index contributed by atoms with van der Waals surface area (Å²) in [6.07, 6.45) is 1.18. The van der Waals surface area contributed by atoms with Gasteiger partial charge in [0.05, 0.1) is 21.0 Å². The number of allylic oxidation sites excluding steroid dienone is 1. The lowest BCUT2D eigenvalue weighted by Crippen LogP contribution is -2.15. The minimum absolute atomic E-state index is 0.129. The average molecular weight is 504 g/mol. The van der Waals surface area contributed by atoms with Crippen molar-refractivity contribution in [1.29, 1.82) is 0 Å². The molecule has 1 amide bonds. The topological polar surface area (TPSA) is 81.9 Å². The zero-order valence-corrected chi connectivity index (χ0v) is 19.9. The van der Waals surface area contributed by atoms with Crippen LogP contribution in [0.4, 0.5) is 9.52 Å². The van der Waals surface area contributed by atoms with Gasteiger partial charge in [-0.1, -0.05) is 52.9 Å². The Hall–Kier alpha value is -2.95. The second-order valence-electron chi connectivity index (χ2n) is 6.90. The molecule has 2 aromatic heterocycles. The first-order valence-corrected chi connectivity index (χ1v) is 12.1. The molecule has 11 heteroatoms. The van der Waals surface area contributed by atoms with Gasteiger partial charge < -0.3 is 10.1 Å². The van der Waals surface area contributed by atoms with E-state index >= 15 is 0 Å². The zero-order chi connectivity index (χ0) is 23.4. The number of fused-ring (bicyclic) bond motifs is 1. The smallest absolute Gasteiger partial charge is 0.236 e. The highest BCUT2D eigenvalue weighted by Crippen LogP contribution is 2.30. The molecule has 4 aromatic rings. The number of rotatable bonds is 9. The third kappa shape index (κ3) is 5.52. The van der Waals surface area contributed by atoms with E-state index < -0.39 is 11.9 Å². The van der Waals surface area contributed by atoms with Gasteiger partial charge in [-0.3, -0.25) is 9.36 Å². The monoisotopic (exact) mass is 503 g/mol. The molecule has 0 fully saturated rings. The maximum absolute atomic E-state index is 13.3. The fourth-order valence-corrected chi connectivity index (χ4v) is 4.88. The predicted octanol–water partition coefficient (Wildman–Crippen LogP) is 5.74. The van der Waals surface area contributed by atoms with Crippen molar-refractivity contribution in [3.8, 4) is 5.75 Å². The SMILES string of the molecule is C=CCn1c(SCC(=O)Nc2nc3ccccc3s2)nnc1C(C)Oc1ccc(F)cc1Cl. The van der Waals surface area contributed by atoms with Crippen molar-refractivity contribution >= 4 is 56.0 Å². The van der Waals surface area contributed by atoms with E-state index in [1.807, 2.05) is 28.8 Å². The summed E-state index contributed by atoms with van der Waals surface area (Å²) in [6, 6.07) is 11.6. The number of nitrogens with zero attached hydrogens (tertiary/aromatic N) is 4. The highest BCUT2D eigenvalue weighted by atomic mass is 35.5. The molecule has 7 nitrogen and oxygen atoms in total. The lowest BCUT2D eigenvalue weighted by molar-refractivity contribution is -0.113. The molecular weight excluding hydrogens is 485 g/mol. The Balaban J connectivity index is 1.43. The van der Waals surface area contributed by atoms with Crippen molar-refractivity contribution in [2.45, 2.75) is 24.7 Å². The first-order valence-electron chi connectivity index (χ1n) is 9.88. The standard InChI is InChI=1S/C22H19ClFN5O2S2/c1-3-10-29-20(13(2)31-17-9-8-14(24)11-15(17)23)27-28-22(29)32-12-19(30)26-21-25-16-6-4-5-7-18(16)33-21/h3-9,11,13H,1,10,12H2,2H3,(H,25,26,30). The summed E-state index contributed by atoms with van der Waals surface area (Å²) in [7, 11) is 0. The normalized spacial score (nSPS) is 12.0. The van der Waals surface area contributed by atoms with E-state index in [9.17, 15) is 9.18 Å². The first-order chi connectivity index (χ1) is 15.9. The van der Waals surface area contributed by atoms with Crippen molar-refractivity contribution in [3.63, 3.8) is 0 Å². The van der Waals surface area contributed by atoms with Gasteiger partial charge in [-0.15, -0.1) is 16.8 Å². The van der Waals surface area contributed by atoms with Crippen LogP contribution in [0.3, 0.4) is 0 Å². The van der Waals surface area contributed by atoms with E-state index in [1.54, 1.807) is 13.0 Å². The molecule has 0 saturated heterocycles. The zero-order valence-electron chi connectivity index (χ0n) is 17.5. The Labute approximate surface area is 202 Å². The van der Waals surface area contributed by atoms with E-state index in [4.69, 9.17) is 16.3 Å². The summed E-state index contributed by atoms with van der Waals surface area (Å²) in [5.74, 6) is 0.353. The Morgan fingerprint density at radius 1 is 1.36 bits per heavy atom. The Kier molecular flexibility index (Phi) is 7.26. The lowest BCUT2D eigenvalue weighted by Gasteiger charge is -2.16. The summed E-state index contributed by atoms with van der Waals surface area (Å²) in [6.45, 7) is 6.00. The van der Waals surface area contributed by atoms with Crippen LogP contribution in [0.2, 0.25) is 5.02 Å². The van der Waals surface area contributed by atoms with Crippen LogP contribution in [0, 0.1) is 5.82 Å². The van der Waals surface area contributed by atoms with Crippen molar-refractivity contribution < 1.29 is 13.9 Å². The molecule has 0 spiro atoms. The molecule has 2 heterocycles. The lowest BCUT2D eigenvalue weighted by atomic mass is 10.3. The van der Waals surface area contributed by atoms with Crippen LogP contribution in [-0.4, -0.2) is 31.4 Å². The third-order valence-electron chi connectivity index (χ3n) is 4.49. The fourth-order valence-electron chi connectivity index (χ4n) is 3.03. The van der Waals surface area contributed by atoms with Crippen LogP contribution in [-0.2, 0) is 11.3 Å². The van der Waals surface area contributed by atoms with Crippen LogP contribution < -0.4 is 10.1 Å². The maximum Gasteiger partial charge on any atom is 0.236 e. The second-order valence-corrected chi connectivity index (χ2v) is 9.28. The molecule has 170 valence electrons.